The third kappa shape index (κ3) is 1.67. The van der Waals surface area contributed by atoms with Crippen molar-refractivity contribution in [1.29, 1.82) is 5.26 Å². The minimum Gasteiger partial charge on any atom is -0.366 e. The molecular weight excluding hydrogens is 176 g/mol. The molecule has 0 aliphatic heterocycles. The van der Waals surface area contributed by atoms with E-state index in [1.807, 2.05) is 6.07 Å². The minimum atomic E-state index is 0.359. The number of hydrogen-bond acceptors (Lipinski definition) is 4. The van der Waals surface area contributed by atoms with Crippen LogP contribution in [0.3, 0.4) is 0 Å². The quantitative estimate of drug-likeness (QED) is 0.765. The van der Waals surface area contributed by atoms with E-state index in [0.717, 1.165) is 5.82 Å². The van der Waals surface area contributed by atoms with Gasteiger partial charge in [0.25, 0.3) is 0 Å². The van der Waals surface area contributed by atoms with Gasteiger partial charge < -0.3 is 5.32 Å². The van der Waals surface area contributed by atoms with Gasteiger partial charge >= 0.3 is 0 Å². The van der Waals surface area contributed by atoms with Gasteiger partial charge in [0.1, 0.15) is 11.9 Å². The molecule has 1 N–H and O–H groups in total. The van der Waals surface area contributed by atoms with Gasteiger partial charge in [0.2, 0.25) is 0 Å². The lowest BCUT2D eigenvalue weighted by Gasteiger charge is -2.34. The Balaban J connectivity index is 2.00. The van der Waals surface area contributed by atoms with E-state index in [1.165, 1.54) is 12.8 Å². The maximum absolute atomic E-state index is 8.54. The van der Waals surface area contributed by atoms with Gasteiger partial charge in [0.15, 0.2) is 5.69 Å². The molecule has 1 aliphatic rings. The number of hydrogen-bond donors (Lipinski definition) is 1. The molecule has 0 radical (unpaired) electrons. The zero-order chi connectivity index (χ0) is 9.97. The highest BCUT2D eigenvalue weighted by Crippen LogP contribution is 2.28. The van der Waals surface area contributed by atoms with Crippen molar-refractivity contribution in [2.24, 2.45) is 5.92 Å². The first-order valence-electron chi connectivity index (χ1n) is 4.80. The van der Waals surface area contributed by atoms with Crippen molar-refractivity contribution in [3.05, 3.63) is 17.8 Å². The van der Waals surface area contributed by atoms with Crippen LogP contribution in [0.1, 0.15) is 25.5 Å². The average Bonchev–Trinajstić information content (AvgIpc) is 2.24. The summed E-state index contributed by atoms with van der Waals surface area (Å²) in [5.74, 6) is 1.48. The van der Waals surface area contributed by atoms with Crippen LogP contribution >= 0.6 is 0 Å². The Morgan fingerprint density at radius 2 is 2.29 bits per heavy atom. The largest absolute Gasteiger partial charge is 0.366 e. The number of rotatable bonds is 2. The monoisotopic (exact) mass is 188 g/mol. The van der Waals surface area contributed by atoms with Crippen molar-refractivity contribution in [3.8, 4) is 6.07 Å². The molecule has 14 heavy (non-hydrogen) atoms. The first-order valence-corrected chi connectivity index (χ1v) is 4.80. The molecule has 0 spiro atoms. The normalized spacial score (nSPS) is 24.9. The van der Waals surface area contributed by atoms with Crippen LogP contribution in [0.5, 0.6) is 0 Å². The Morgan fingerprint density at radius 1 is 1.43 bits per heavy atom. The summed E-state index contributed by atoms with van der Waals surface area (Å²) >= 11 is 0. The fraction of sp³-hybridized carbons (Fsp3) is 0.500. The summed E-state index contributed by atoms with van der Waals surface area (Å²) in [6.07, 6.45) is 2.48. The Hall–Kier alpha value is -1.63. The van der Waals surface area contributed by atoms with E-state index >= 15 is 0 Å². The van der Waals surface area contributed by atoms with Crippen LogP contribution in [-0.2, 0) is 0 Å². The van der Waals surface area contributed by atoms with Gasteiger partial charge in [-0.3, -0.25) is 0 Å². The molecule has 2 rings (SSSR count). The fourth-order valence-electron chi connectivity index (χ4n) is 1.54. The zero-order valence-electron chi connectivity index (χ0n) is 8.07. The first-order chi connectivity index (χ1) is 6.79. The van der Waals surface area contributed by atoms with Crippen LogP contribution < -0.4 is 5.32 Å². The number of aromatic nitrogens is 2. The molecule has 0 aromatic carbocycles. The summed E-state index contributed by atoms with van der Waals surface area (Å²) in [5, 5.41) is 19.5. The molecule has 2 unspecified atom stereocenters. The molecule has 0 amide bonds. The molecule has 1 aromatic rings. The van der Waals surface area contributed by atoms with Gasteiger partial charge in [0.05, 0.1) is 0 Å². The van der Waals surface area contributed by atoms with Gasteiger partial charge in [-0.05, 0) is 30.9 Å². The van der Waals surface area contributed by atoms with E-state index in [9.17, 15) is 0 Å². The lowest BCUT2D eigenvalue weighted by atomic mass is 9.81. The smallest absolute Gasteiger partial charge is 0.163 e. The van der Waals surface area contributed by atoms with Crippen molar-refractivity contribution in [2.75, 3.05) is 5.32 Å². The summed E-state index contributed by atoms with van der Waals surface area (Å²) in [5.41, 5.74) is 0.359. The molecule has 0 saturated heterocycles. The van der Waals surface area contributed by atoms with Crippen LogP contribution in [0.15, 0.2) is 12.1 Å². The topological polar surface area (TPSA) is 61.6 Å². The number of anilines is 1. The highest BCUT2D eigenvalue weighted by Gasteiger charge is 2.26. The van der Waals surface area contributed by atoms with Crippen molar-refractivity contribution < 1.29 is 0 Å². The molecule has 1 heterocycles. The first kappa shape index (κ1) is 8.95. The van der Waals surface area contributed by atoms with Crippen LogP contribution in [0.25, 0.3) is 0 Å². The Morgan fingerprint density at radius 3 is 2.71 bits per heavy atom. The van der Waals surface area contributed by atoms with E-state index < -0.39 is 0 Å². The maximum atomic E-state index is 8.54. The number of nitrogens with one attached hydrogen (secondary N) is 1. The van der Waals surface area contributed by atoms with E-state index in [2.05, 4.69) is 22.4 Å². The second-order valence-electron chi connectivity index (χ2n) is 3.72. The molecule has 4 heteroatoms. The van der Waals surface area contributed by atoms with E-state index in [0.29, 0.717) is 17.7 Å². The Bertz CT molecular complexity index is 351. The molecular formula is C10H12N4. The van der Waals surface area contributed by atoms with Gasteiger partial charge in [-0.25, -0.2) is 0 Å². The highest BCUT2D eigenvalue weighted by atomic mass is 15.2. The Labute approximate surface area is 83.0 Å². The molecule has 1 fully saturated rings. The molecule has 1 saturated carbocycles. The summed E-state index contributed by atoms with van der Waals surface area (Å²) in [6, 6.07) is 5.95. The van der Waals surface area contributed by atoms with Gasteiger partial charge in [0, 0.05) is 6.04 Å². The third-order valence-electron chi connectivity index (χ3n) is 2.73. The lowest BCUT2D eigenvalue weighted by molar-refractivity contribution is 0.303. The Kier molecular flexibility index (Phi) is 2.32. The van der Waals surface area contributed by atoms with Gasteiger partial charge in [-0.15, -0.1) is 10.2 Å². The average molecular weight is 188 g/mol. The molecule has 72 valence electrons. The van der Waals surface area contributed by atoms with E-state index in [4.69, 9.17) is 5.26 Å². The van der Waals surface area contributed by atoms with Crippen molar-refractivity contribution in [1.82, 2.24) is 10.2 Å². The van der Waals surface area contributed by atoms with E-state index in [1.54, 1.807) is 12.1 Å². The lowest BCUT2D eigenvalue weighted by Crippen LogP contribution is -2.36. The summed E-state index contributed by atoms with van der Waals surface area (Å²) < 4.78 is 0. The summed E-state index contributed by atoms with van der Waals surface area (Å²) in [7, 11) is 0. The fourth-order valence-corrected chi connectivity index (χ4v) is 1.54. The second kappa shape index (κ2) is 3.62. The zero-order valence-corrected chi connectivity index (χ0v) is 8.07. The molecule has 4 nitrogen and oxygen atoms in total. The van der Waals surface area contributed by atoms with Crippen molar-refractivity contribution in [2.45, 2.75) is 25.8 Å². The number of nitrogens with zero attached hydrogens (tertiary/aromatic N) is 3. The van der Waals surface area contributed by atoms with Crippen molar-refractivity contribution >= 4 is 5.82 Å². The van der Waals surface area contributed by atoms with E-state index in [-0.39, 0.29) is 0 Å². The molecule has 1 aromatic heterocycles. The van der Waals surface area contributed by atoms with Crippen molar-refractivity contribution in [3.63, 3.8) is 0 Å². The van der Waals surface area contributed by atoms with Crippen LogP contribution in [-0.4, -0.2) is 16.2 Å². The SMILES string of the molecule is CC1CCC1Nc1ccc(C#N)nn1. The molecule has 2 atom stereocenters. The highest BCUT2D eigenvalue weighted by molar-refractivity contribution is 5.37. The summed E-state index contributed by atoms with van der Waals surface area (Å²) in [4.78, 5) is 0. The van der Waals surface area contributed by atoms with Crippen LogP contribution in [0.2, 0.25) is 0 Å². The standard InChI is InChI=1S/C10H12N4/c1-7-2-4-9(7)12-10-5-3-8(6-11)13-14-10/h3,5,7,9H,2,4H2,1H3,(H,12,14). The third-order valence-corrected chi connectivity index (χ3v) is 2.73. The van der Waals surface area contributed by atoms with Gasteiger partial charge in [-0.1, -0.05) is 6.92 Å². The maximum Gasteiger partial charge on any atom is 0.163 e. The predicted octanol–water partition coefficient (Wildman–Crippen LogP) is 1.56. The van der Waals surface area contributed by atoms with Crippen LogP contribution in [0.4, 0.5) is 5.82 Å². The number of nitriles is 1. The predicted molar refractivity (Wildman–Crippen MR) is 52.6 cm³/mol. The minimum absolute atomic E-state index is 0.359. The second-order valence-corrected chi connectivity index (χ2v) is 3.72. The summed E-state index contributed by atoms with van der Waals surface area (Å²) in [6.45, 7) is 2.22. The molecule has 0 bridgehead atoms. The van der Waals surface area contributed by atoms with Crippen LogP contribution in [0, 0.1) is 17.2 Å². The van der Waals surface area contributed by atoms with Gasteiger partial charge in [-0.2, -0.15) is 5.26 Å². The molecule has 1 aliphatic carbocycles.